The van der Waals surface area contributed by atoms with E-state index in [1.807, 2.05) is 30.1 Å². The third kappa shape index (κ3) is 2.69. The van der Waals surface area contributed by atoms with Gasteiger partial charge in [0.15, 0.2) is 0 Å². The van der Waals surface area contributed by atoms with E-state index < -0.39 is 0 Å². The molecule has 0 fully saturated rings. The standard InChI is InChI=1S/C13H12FIN2/c1-17(11-5-2-9(14)3-6-11)13-7-4-10(16)8-12(13)15/h2-8H,16H2,1H3. The van der Waals surface area contributed by atoms with E-state index in [4.69, 9.17) is 5.73 Å². The molecule has 0 unspecified atom stereocenters. The number of rotatable bonds is 2. The predicted molar refractivity (Wildman–Crippen MR) is 78.0 cm³/mol. The smallest absolute Gasteiger partial charge is 0.123 e. The van der Waals surface area contributed by atoms with Crippen LogP contribution in [0.2, 0.25) is 0 Å². The fourth-order valence-electron chi connectivity index (χ4n) is 1.60. The molecule has 0 saturated carbocycles. The third-order valence-corrected chi connectivity index (χ3v) is 3.41. The molecular formula is C13H12FIN2. The normalized spacial score (nSPS) is 10.3. The van der Waals surface area contributed by atoms with Crippen molar-refractivity contribution in [2.75, 3.05) is 17.7 Å². The Morgan fingerprint density at radius 2 is 1.76 bits per heavy atom. The molecule has 0 aliphatic rings. The first-order chi connectivity index (χ1) is 8.08. The van der Waals surface area contributed by atoms with Gasteiger partial charge in [-0.05, 0) is 65.1 Å². The molecular weight excluding hydrogens is 330 g/mol. The van der Waals surface area contributed by atoms with Gasteiger partial charge in [0.1, 0.15) is 5.82 Å². The monoisotopic (exact) mass is 342 g/mol. The molecule has 0 atom stereocenters. The van der Waals surface area contributed by atoms with E-state index in [1.54, 1.807) is 12.1 Å². The summed E-state index contributed by atoms with van der Waals surface area (Å²) in [6, 6.07) is 12.1. The molecule has 2 nitrogen and oxygen atoms in total. The Kier molecular flexibility index (Phi) is 3.51. The lowest BCUT2D eigenvalue weighted by Gasteiger charge is -2.21. The minimum Gasteiger partial charge on any atom is -0.399 e. The van der Waals surface area contributed by atoms with Crippen LogP contribution in [0, 0.1) is 9.39 Å². The molecule has 4 heteroatoms. The number of halogens is 2. The van der Waals surface area contributed by atoms with Crippen molar-refractivity contribution in [1.82, 2.24) is 0 Å². The number of nitrogen functional groups attached to an aromatic ring is 1. The van der Waals surface area contributed by atoms with Crippen LogP contribution in [0.25, 0.3) is 0 Å². The molecule has 0 aliphatic heterocycles. The zero-order valence-electron chi connectivity index (χ0n) is 9.32. The third-order valence-electron chi connectivity index (χ3n) is 2.55. The van der Waals surface area contributed by atoms with Crippen molar-refractivity contribution >= 4 is 39.7 Å². The summed E-state index contributed by atoms with van der Waals surface area (Å²) in [6.45, 7) is 0. The van der Waals surface area contributed by atoms with Crippen LogP contribution in [0.4, 0.5) is 21.5 Å². The first-order valence-electron chi connectivity index (χ1n) is 5.12. The molecule has 0 aliphatic carbocycles. The van der Waals surface area contributed by atoms with E-state index in [0.717, 1.165) is 20.6 Å². The number of anilines is 3. The van der Waals surface area contributed by atoms with Crippen LogP contribution in [-0.4, -0.2) is 7.05 Å². The largest absolute Gasteiger partial charge is 0.399 e. The van der Waals surface area contributed by atoms with E-state index in [0.29, 0.717) is 0 Å². The highest BCUT2D eigenvalue weighted by molar-refractivity contribution is 14.1. The van der Waals surface area contributed by atoms with Gasteiger partial charge in [0, 0.05) is 22.0 Å². The van der Waals surface area contributed by atoms with Gasteiger partial charge in [0.05, 0.1) is 5.69 Å². The molecule has 2 aromatic carbocycles. The highest BCUT2D eigenvalue weighted by Crippen LogP contribution is 2.29. The molecule has 2 rings (SSSR count). The minimum absolute atomic E-state index is 0.228. The molecule has 0 radical (unpaired) electrons. The van der Waals surface area contributed by atoms with Gasteiger partial charge in [-0.15, -0.1) is 0 Å². The maximum Gasteiger partial charge on any atom is 0.123 e. The van der Waals surface area contributed by atoms with Gasteiger partial charge in [0.2, 0.25) is 0 Å². The van der Waals surface area contributed by atoms with Crippen molar-refractivity contribution < 1.29 is 4.39 Å². The second-order valence-electron chi connectivity index (χ2n) is 3.75. The first-order valence-corrected chi connectivity index (χ1v) is 6.20. The van der Waals surface area contributed by atoms with Crippen LogP contribution in [-0.2, 0) is 0 Å². The van der Waals surface area contributed by atoms with Crippen molar-refractivity contribution in [2.24, 2.45) is 0 Å². The summed E-state index contributed by atoms with van der Waals surface area (Å²) in [7, 11) is 1.95. The lowest BCUT2D eigenvalue weighted by atomic mass is 10.2. The summed E-state index contributed by atoms with van der Waals surface area (Å²) in [5.74, 6) is -0.228. The zero-order chi connectivity index (χ0) is 12.4. The van der Waals surface area contributed by atoms with Gasteiger partial charge >= 0.3 is 0 Å². The van der Waals surface area contributed by atoms with Crippen LogP contribution in [0.3, 0.4) is 0 Å². The molecule has 17 heavy (non-hydrogen) atoms. The number of nitrogens with two attached hydrogens (primary N) is 1. The summed E-state index contributed by atoms with van der Waals surface area (Å²) in [5, 5.41) is 0. The number of benzene rings is 2. The summed E-state index contributed by atoms with van der Waals surface area (Å²) >= 11 is 2.24. The Balaban J connectivity index is 2.36. The Morgan fingerprint density at radius 1 is 1.12 bits per heavy atom. The van der Waals surface area contributed by atoms with E-state index in [-0.39, 0.29) is 5.82 Å². The Bertz CT molecular complexity index is 525. The van der Waals surface area contributed by atoms with Crippen LogP contribution < -0.4 is 10.6 Å². The van der Waals surface area contributed by atoms with Crippen LogP contribution in [0.5, 0.6) is 0 Å². The van der Waals surface area contributed by atoms with E-state index in [2.05, 4.69) is 22.6 Å². The van der Waals surface area contributed by atoms with Crippen LogP contribution in [0.15, 0.2) is 42.5 Å². The lowest BCUT2D eigenvalue weighted by molar-refractivity contribution is 0.628. The maximum atomic E-state index is 12.8. The maximum absolute atomic E-state index is 12.8. The molecule has 0 saturated heterocycles. The van der Waals surface area contributed by atoms with Crippen LogP contribution in [0.1, 0.15) is 0 Å². The molecule has 88 valence electrons. The minimum atomic E-state index is -0.228. The van der Waals surface area contributed by atoms with E-state index in [1.165, 1.54) is 12.1 Å². The summed E-state index contributed by atoms with van der Waals surface area (Å²) < 4.78 is 13.9. The van der Waals surface area contributed by atoms with Crippen molar-refractivity contribution in [2.45, 2.75) is 0 Å². The topological polar surface area (TPSA) is 29.3 Å². The summed E-state index contributed by atoms with van der Waals surface area (Å²) in [4.78, 5) is 2.00. The second-order valence-corrected chi connectivity index (χ2v) is 4.91. The van der Waals surface area contributed by atoms with Gasteiger partial charge in [-0.2, -0.15) is 0 Å². The molecule has 0 spiro atoms. The van der Waals surface area contributed by atoms with Gasteiger partial charge in [0.25, 0.3) is 0 Å². The lowest BCUT2D eigenvalue weighted by Crippen LogP contribution is -2.11. The first kappa shape index (κ1) is 12.2. The highest BCUT2D eigenvalue weighted by atomic mass is 127. The Hall–Kier alpha value is -1.30. The highest BCUT2D eigenvalue weighted by Gasteiger charge is 2.07. The molecule has 0 aromatic heterocycles. The van der Waals surface area contributed by atoms with Gasteiger partial charge < -0.3 is 10.6 Å². The zero-order valence-corrected chi connectivity index (χ0v) is 11.5. The molecule has 0 amide bonds. The quantitative estimate of drug-likeness (QED) is 0.665. The number of hydrogen-bond donors (Lipinski definition) is 1. The van der Waals surface area contributed by atoms with Crippen molar-refractivity contribution in [1.29, 1.82) is 0 Å². The van der Waals surface area contributed by atoms with Crippen molar-refractivity contribution in [3.8, 4) is 0 Å². The molecule has 2 N–H and O–H groups in total. The fraction of sp³-hybridized carbons (Fsp3) is 0.0769. The fourth-order valence-corrected chi connectivity index (χ4v) is 2.50. The van der Waals surface area contributed by atoms with Gasteiger partial charge in [-0.1, -0.05) is 0 Å². The number of hydrogen-bond acceptors (Lipinski definition) is 2. The summed E-state index contributed by atoms with van der Waals surface area (Å²) in [6.07, 6.45) is 0. The van der Waals surface area contributed by atoms with E-state index >= 15 is 0 Å². The Morgan fingerprint density at radius 3 is 2.35 bits per heavy atom. The molecule has 0 bridgehead atoms. The average molecular weight is 342 g/mol. The SMILES string of the molecule is CN(c1ccc(F)cc1)c1ccc(N)cc1I. The Labute approximate surface area is 113 Å². The second kappa shape index (κ2) is 4.91. The van der Waals surface area contributed by atoms with Crippen molar-refractivity contribution in [3.05, 3.63) is 51.9 Å². The molecule has 2 aromatic rings. The average Bonchev–Trinajstić information content (AvgIpc) is 2.29. The summed E-state index contributed by atoms with van der Waals surface area (Å²) in [5.41, 5.74) is 8.44. The van der Waals surface area contributed by atoms with Gasteiger partial charge in [-0.25, -0.2) is 4.39 Å². The van der Waals surface area contributed by atoms with Crippen LogP contribution >= 0.6 is 22.6 Å². The number of nitrogens with zero attached hydrogens (tertiary/aromatic N) is 1. The van der Waals surface area contributed by atoms with Gasteiger partial charge in [-0.3, -0.25) is 0 Å². The molecule has 0 heterocycles. The van der Waals surface area contributed by atoms with E-state index in [9.17, 15) is 4.39 Å². The van der Waals surface area contributed by atoms with Crippen molar-refractivity contribution in [3.63, 3.8) is 0 Å². The predicted octanol–water partition coefficient (Wildman–Crippen LogP) is 3.78.